The van der Waals surface area contributed by atoms with Gasteiger partial charge in [0.1, 0.15) is 6.61 Å². The fourth-order valence-electron chi connectivity index (χ4n) is 7.50. The number of carbonyl (C=O) groups excluding carboxylic acids is 2. The van der Waals surface area contributed by atoms with E-state index in [-0.39, 0.29) is 25.8 Å². The molecule has 188 valence electrons. The summed E-state index contributed by atoms with van der Waals surface area (Å²) in [6.45, 7) is 13.7. The number of fused-ring (bicyclic) bond motifs is 1. The lowest BCUT2D eigenvalue weighted by Crippen LogP contribution is -2.41. The largest absolute Gasteiger partial charge is 0.458 e. The number of ether oxygens (including phenoxy) is 1. The molecule has 6 unspecified atom stereocenters. The van der Waals surface area contributed by atoms with Gasteiger partial charge in [-0.15, -0.1) is 0 Å². The summed E-state index contributed by atoms with van der Waals surface area (Å²) >= 11 is 0. The fourth-order valence-corrected chi connectivity index (χ4v) is 7.50. The van der Waals surface area contributed by atoms with E-state index in [0.29, 0.717) is 23.7 Å². The molecule has 6 atom stereocenters. The van der Waals surface area contributed by atoms with Crippen LogP contribution in [0.1, 0.15) is 126 Å². The third kappa shape index (κ3) is 7.59. The number of hydrogen-bond donors (Lipinski definition) is 0. The van der Waals surface area contributed by atoms with Crippen molar-refractivity contribution in [1.29, 1.82) is 0 Å². The van der Waals surface area contributed by atoms with Crippen LogP contribution < -0.4 is 0 Å². The molecule has 0 spiro atoms. The van der Waals surface area contributed by atoms with Crippen LogP contribution in [0.25, 0.3) is 0 Å². The summed E-state index contributed by atoms with van der Waals surface area (Å²) in [5.74, 6) is 4.34. The molecule has 2 aliphatic rings. The van der Waals surface area contributed by atoms with Crippen molar-refractivity contribution in [3.05, 3.63) is 0 Å². The Balaban J connectivity index is 0.00000512. The average molecular weight is 451 g/mol. The van der Waals surface area contributed by atoms with Crippen molar-refractivity contribution >= 4 is 11.8 Å². The number of Topliss-reactive ketones (excluding diaryl/α,β-unsaturated/α-hetero) is 1. The Morgan fingerprint density at radius 1 is 1.09 bits per heavy atom. The zero-order valence-corrected chi connectivity index (χ0v) is 21.4. The van der Waals surface area contributed by atoms with Crippen LogP contribution in [0.5, 0.6) is 0 Å². The molecule has 0 N–H and O–H groups in total. The molecule has 0 aromatic rings. The van der Waals surface area contributed by atoms with E-state index in [1.807, 2.05) is 0 Å². The van der Waals surface area contributed by atoms with Gasteiger partial charge in [0.25, 0.3) is 0 Å². The lowest BCUT2D eigenvalue weighted by atomic mass is 9.56. The van der Waals surface area contributed by atoms with Gasteiger partial charge in [-0.2, -0.15) is 0 Å². The second-order valence-corrected chi connectivity index (χ2v) is 11.4. The van der Waals surface area contributed by atoms with Crippen molar-refractivity contribution in [2.24, 2.45) is 40.9 Å². The monoisotopic (exact) mass is 450 g/mol. The van der Waals surface area contributed by atoms with Crippen LogP contribution in [0.15, 0.2) is 0 Å². The molecule has 2 saturated carbocycles. The van der Waals surface area contributed by atoms with Gasteiger partial charge in [0.2, 0.25) is 0 Å². The highest BCUT2D eigenvalue weighted by atomic mass is 16.5. The van der Waals surface area contributed by atoms with Crippen molar-refractivity contribution in [2.75, 3.05) is 6.61 Å². The number of rotatable bonds is 10. The Morgan fingerprint density at radius 2 is 1.81 bits per heavy atom. The highest BCUT2D eigenvalue weighted by Crippen LogP contribution is 2.58. The van der Waals surface area contributed by atoms with Crippen LogP contribution in [-0.2, 0) is 14.3 Å². The Labute approximate surface area is 199 Å². The van der Waals surface area contributed by atoms with E-state index in [1.165, 1.54) is 64.7 Å². The first-order chi connectivity index (χ1) is 14.7. The summed E-state index contributed by atoms with van der Waals surface area (Å²) in [5.41, 5.74) is 0.478. The quantitative estimate of drug-likeness (QED) is 0.315. The molecule has 0 aromatic heterocycles. The fraction of sp³-hybridized carbons (Fsp3) is 0.931. The van der Waals surface area contributed by atoms with E-state index in [0.717, 1.165) is 36.5 Å². The van der Waals surface area contributed by atoms with Gasteiger partial charge in [0.05, 0.1) is 0 Å². The first kappa shape index (κ1) is 29.2. The molecule has 0 saturated heterocycles. The van der Waals surface area contributed by atoms with E-state index >= 15 is 0 Å². The third-order valence-electron chi connectivity index (χ3n) is 9.02. The molecular weight excluding hydrogens is 396 g/mol. The SMILES string of the molecule is C.CCCC1C(C(CCCC(=O)COC(C)=O)C(C)C)CCC(C)C2CCCCCC21C. The number of hydrogen-bond acceptors (Lipinski definition) is 3. The summed E-state index contributed by atoms with van der Waals surface area (Å²) < 4.78 is 4.90. The minimum atomic E-state index is -0.366. The molecule has 3 nitrogen and oxygen atoms in total. The Kier molecular flexibility index (Phi) is 12.5. The molecule has 3 heteroatoms. The molecule has 0 amide bonds. The van der Waals surface area contributed by atoms with E-state index in [2.05, 4.69) is 34.6 Å². The summed E-state index contributed by atoms with van der Waals surface area (Å²) in [6.07, 6.45) is 15.1. The van der Waals surface area contributed by atoms with Crippen LogP contribution in [0.3, 0.4) is 0 Å². The molecule has 2 fully saturated rings. The first-order valence-corrected chi connectivity index (χ1v) is 13.4. The third-order valence-corrected chi connectivity index (χ3v) is 9.02. The van der Waals surface area contributed by atoms with Crippen LogP contribution in [0.2, 0.25) is 0 Å². The maximum atomic E-state index is 12.1. The molecule has 0 aromatic carbocycles. The van der Waals surface area contributed by atoms with Crippen LogP contribution in [0, 0.1) is 40.9 Å². The highest BCUT2D eigenvalue weighted by Gasteiger charge is 2.49. The minimum absolute atomic E-state index is 0. The first-order valence-electron chi connectivity index (χ1n) is 13.4. The molecule has 32 heavy (non-hydrogen) atoms. The second kappa shape index (κ2) is 13.8. The topological polar surface area (TPSA) is 43.4 Å². The molecule has 2 aliphatic carbocycles. The number of esters is 1. The van der Waals surface area contributed by atoms with Gasteiger partial charge in [0.15, 0.2) is 5.78 Å². The van der Waals surface area contributed by atoms with Crippen molar-refractivity contribution in [1.82, 2.24) is 0 Å². The molecule has 0 aliphatic heterocycles. The molecule has 0 bridgehead atoms. The smallest absolute Gasteiger partial charge is 0.303 e. The van der Waals surface area contributed by atoms with Gasteiger partial charge in [-0.05, 0) is 79.4 Å². The second-order valence-electron chi connectivity index (χ2n) is 11.4. The van der Waals surface area contributed by atoms with Gasteiger partial charge < -0.3 is 4.74 Å². The van der Waals surface area contributed by atoms with E-state index < -0.39 is 0 Å². The summed E-state index contributed by atoms with van der Waals surface area (Å²) in [4.78, 5) is 23.1. The van der Waals surface area contributed by atoms with Crippen molar-refractivity contribution < 1.29 is 14.3 Å². The zero-order valence-electron chi connectivity index (χ0n) is 21.4. The Bertz CT molecular complexity index is 569. The highest BCUT2D eigenvalue weighted by molar-refractivity contribution is 5.81. The molecule has 2 rings (SSSR count). The van der Waals surface area contributed by atoms with Crippen molar-refractivity contribution in [2.45, 2.75) is 126 Å². The van der Waals surface area contributed by atoms with E-state index in [9.17, 15) is 9.59 Å². The van der Waals surface area contributed by atoms with E-state index in [1.54, 1.807) is 0 Å². The molecule has 0 radical (unpaired) electrons. The van der Waals surface area contributed by atoms with Gasteiger partial charge in [0, 0.05) is 13.3 Å². The summed E-state index contributed by atoms with van der Waals surface area (Å²) in [5, 5.41) is 0. The lowest BCUT2D eigenvalue weighted by Gasteiger charge is -2.48. The van der Waals surface area contributed by atoms with E-state index in [4.69, 9.17) is 4.74 Å². The normalized spacial score (nSPS) is 31.6. The van der Waals surface area contributed by atoms with Gasteiger partial charge in [-0.3, -0.25) is 9.59 Å². The van der Waals surface area contributed by atoms with Crippen LogP contribution in [0.4, 0.5) is 0 Å². The van der Waals surface area contributed by atoms with Gasteiger partial charge >= 0.3 is 5.97 Å². The maximum absolute atomic E-state index is 12.1. The Hall–Kier alpha value is -0.860. The number of carbonyl (C=O) groups is 2. The zero-order chi connectivity index (χ0) is 23.0. The van der Waals surface area contributed by atoms with Gasteiger partial charge in [-0.25, -0.2) is 0 Å². The van der Waals surface area contributed by atoms with Crippen molar-refractivity contribution in [3.63, 3.8) is 0 Å². The average Bonchev–Trinajstić information content (AvgIpc) is 2.96. The predicted octanol–water partition coefficient (Wildman–Crippen LogP) is 8.25. The maximum Gasteiger partial charge on any atom is 0.303 e. The van der Waals surface area contributed by atoms with Gasteiger partial charge in [-0.1, -0.05) is 74.1 Å². The molecular formula is C29H54O3. The lowest BCUT2D eigenvalue weighted by molar-refractivity contribution is -0.145. The van der Waals surface area contributed by atoms with Crippen molar-refractivity contribution in [3.8, 4) is 0 Å². The van der Waals surface area contributed by atoms with Crippen LogP contribution in [-0.4, -0.2) is 18.4 Å². The summed E-state index contributed by atoms with van der Waals surface area (Å²) in [7, 11) is 0. The minimum Gasteiger partial charge on any atom is -0.458 e. The number of ketones is 1. The summed E-state index contributed by atoms with van der Waals surface area (Å²) in [6, 6.07) is 0. The standard InChI is InChI=1S/C28H50O3.CH4/c1-7-12-27-25(17-16-21(4)26-15-9-8-10-18-28(26,27)6)24(20(2)3)14-11-13-23(30)19-31-22(5)29;/h20-21,24-27H,7-19H2,1-6H3;1H4. The molecule has 0 heterocycles. The van der Waals surface area contributed by atoms with Crippen LogP contribution >= 0.6 is 0 Å². The Morgan fingerprint density at radius 3 is 2.44 bits per heavy atom. The predicted molar refractivity (Wildman–Crippen MR) is 136 cm³/mol.